The molecule has 0 spiro atoms. The summed E-state index contributed by atoms with van der Waals surface area (Å²) in [6.07, 6.45) is -4.64. The number of alkyl halides is 3. The molecule has 6 nitrogen and oxygen atoms in total. The molecule has 0 aliphatic heterocycles. The first-order chi connectivity index (χ1) is 15.1. The number of hydrogen-bond donors (Lipinski definition) is 1. The second-order valence-corrected chi connectivity index (χ2v) is 7.93. The molecule has 0 aliphatic rings. The molecule has 2 aromatic carbocycles. The van der Waals surface area contributed by atoms with Crippen LogP contribution in [0.2, 0.25) is 5.02 Å². The minimum absolute atomic E-state index is 0.0389. The van der Waals surface area contributed by atoms with Crippen molar-refractivity contribution < 1.29 is 18.0 Å². The highest BCUT2D eigenvalue weighted by Crippen LogP contribution is 2.37. The van der Waals surface area contributed by atoms with Crippen molar-refractivity contribution >= 4 is 29.1 Å². The van der Waals surface area contributed by atoms with Crippen molar-refractivity contribution in [1.82, 2.24) is 14.8 Å². The van der Waals surface area contributed by atoms with Crippen LogP contribution in [0.1, 0.15) is 12.5 Å². The zero-order valence-corrected chi connectivity index (χ0v) is 18.1. The van der Waals surface area contributed by atoms with Gasteiger partial charge in [0.25, 0.3) is 0 Å². The van der Waals surface area contributed by atoms with Crippen LogP contribution in [0.5, 0.6) is 0 Å². The highest BCUT2D eigenvalue weighted by molar-refractivity contribution is 7.99. The number of nitrogens with two attached hydrogens (primary N) is 1. The third kappa shape index (κ3) is 4.95. The van der Waals surface area contributed by atoms with Crippen LogP contribution in [0.15, 0.2) is 65.0 Å². The Morgan fingerprint density at radius 2 is 1.94 bits per heavy atom. The number of ketones is 1. The summed E-state index contributed by atoms with van der Waals surface area (Å²) >= 11 is 6.90. The van der Waals surface area contributed by atoms with Gasteiger partial charge in [0.1, 0.15) is 11.6 Å². The molecule has 0 aliphatic carbocycles. The first-order valence-electron chi connectivity index (χ1n) is 9.04. The predicted molar refractivity (Wildman–Crippen MR) is 115 cm³/mol. The number of benzene rings is 2. The Hall–Kier alpha value is -3.29. The van der Waals surface area contributed by atoms with Gasteiger partial charge in [-0.15, -0.1) is 10.2 Å². The van der Waals surface area contributed by atoms with Crippen molar-refractivity contribution in [2.75, 3.05) is 5.75 Å². The van der Waals surface area contributed by atoms with Gasteiger partial charge in [-0.05, 0) is 31.2 Å². The van der Waals surface area contributed by atoms with Gasteiger partial charge in [-0.2, -0.15) is 18.4 Å². The number of carbonyl (C=O) groups is 1. The van der Waals surface area contributed by atoms with Crippen molar-refractivity contribution in [3.8, 4) is 23.1 Å². The lowest BCUT2D eigenvalue weighted by molar-refractivity contribution is -0.137. The molecule has 3 aromatic rings. The molecule has 2 N–H and O–H groups in total. The van der Waals surface area contributed by atoms with E-state index < -0.39 is 17.5 Å². The van der Waals surface area contributed by atoms with Gasteiger partial charge in [0.15, 0.2) is 16.8 Å². The summed E-state index contributed by atoms with van der Waals surface area (Å²) in [5, 5.41) is 17.6. The van der Waals surface area contributed by atoms with Crippen LogP contribution in [0.25, 0.3) is 17.1 Å². The lowest BCUT2D eigenvalue weighted by atomic mass is 10.1. The van der Waals surface area contributed by atoms with E-state index in [1.54, 1.807) is 30.3 Å². The number of aromatic nitrogens is 3. The van der Waals surface area contributed by atoms with E-state index in [2.05, 4.69) is 10.2 Å². The quantitative estimate of drug-likeness (QED) is 0.304. The van der Waals surface area contributed by atoms with Crippen LogP contribution < -0.4 is 5.73 Å². The van der Waals surface area contributed by atoms with Crippen molar-refractivity contribution in [3.63, 3.8) is 0 Å². The molecule has 0 unspecified atom stereocenters. The van der Waals surface area contributed by atoms with E-state index in [4.69, 9.17) is 22.6 Å². The highest BCUT2D eigenvalue weighted by Gasteiger charge is 2.35. The topological polar surface area (TPSA) is 97.6 Å². The van der Waals surface area contributed by atoms with Crippen LogP contribution >= 0.6 is 23.4 Å². The van der Waals surface area contributed by atoms with E-state index in [0.29, 0.717) is 10.6 Å². The average Bonchev–Trinajstić information content (AvgIpc) is 3.15. The second-order valence-electron chi connectivity index (χ2n) is 6.55. The number of hydrogen-bond acceptors (Lipinski definition) is 6. The molecular weight excluding hydrogens is 463 g/mol. The number of para-hydroxylation sites is 1. The van der Waals surface area contributed by atoms with Crippen LogP contribution in [-0.2, 0) is 11.0 Å². The van der Waals surface area contributed by atoms with E-state index in [1.807, 2.05) is 0 Å². The Bertz CT molecular complexity index is 1240. The van der Waals surface area contributed by atoms with Gasteiger partial charge in [0.2, 0.25) is 0 Å². The number of nitriles is 1. The van der Waals surface area contributed by atoms with Gasteiger partial charge in [-0.25, -0.2) is 0 Å². The van der Waals surface area contributed by atoms with E-state index in [-0.39, 0.29) is 33.7 Å². The summed E-state index contributed by atoms with van der Waals surface area (Å²) in [6.45, 7) is 1.42. The summed E-state index contributed by atoms with van der Waals surface area (Å²) in [5.41, 5.74) is 4.74. The molecule has 11 heteroatoms. The highest BCUT2D eigenvalue weighted by atomic mass is 35.5. The molecule has 0 fully saturated rings. The Balaban J connectivity index is 2.14. The second kappa shape index (κ2) is 9.46. The van der Waals surface area contributed by atoms with Gasteiger partial charge in [-0.1, -0.05) is 47.6 Å². The number of halogens is 4. The molecule has 32 heavy (non-hydrogen) atoms. The number of Topliss-reactive ketones (excluding diaryl/α,β-unsaturated/α-hetero) is 1. The zero-order chi connectivity index (χ0) is 23.5. The molecule has 164 valence electrons. The molecule has 3 rings (SSSR count). The largest absolute Gasteiger partial charge is 0.418 e. The van der Waals surface area contributed by atoms with Crippen molar-refractivity contribution in [2.24, 2.45) is 5.73 Å². The standard InChI is InChI=1S/C21H15ClF3N5OS/c1-12(27)15(10-26)18(31)11-32-20-29-28-19(13-5-4-6-14(22)9-13)30(20)17-8-3-2-7-16(17)21(23,24)25/h2-9H,11,27H2,1H3/b15-12+. The number of rotatable bonds is 6. The fourth-order valence-electron chi connectivity index (χ4n) is 2.88. The molecule has 0 saturated carbocycles. The number of thioether (sulfide) groups is 1. The maximum Gasteiger partial charge on any atom is 0.418 e. The molecule has 1 heterocycles. The number of nitrogens with zero attached hydrogens (tertiary/aromatic N) is 4. The van der Waals surface area contributed by atoms with E-state index in [1.165, 1.54) is 29.7 Å². The fraction of sp³-hybridized carbons (Fsp3) is 0.143. The lowest BCUT2D eigenvalue weighted by Crippen LogP contribution is -2.13. The van der Waals surface area contributed by atoms with Crippen LogP contribution in [0, 0.1) is 11.3 Å². The Morgan fingerprint density at radius 3 is 2.56 bits per heavy atom. The Kier molecular flexibility index (Phi) is 6.91. The number of carbonyl (C=O) groups excluding carboxylic acids is 1. The molecule has 0 atom stereocenters. The van der Waals surface area contributed by atoms with E-state index >= 15 is 0 Å². The first-order valence-corrected chi connectivity index (χ1v) is 10.4. The van der Waals surface area contributed by atoms with Gasteiger partial charge >= 0.3 is 6.18 Å². The maximum atomic E-state index is 13.7. The van der Waals surface area contributed by atoms with Gasteiger partial charge in [-0.3, -0.25) is 9.36 Å². The summed E-state index contributed by atoms with van der Waals surface area (Å²) in [6, 6.07) is 13.1. The molecule has 0 bridgehead atoms. The van der Waals surface area contributed by atoms with Crippen LogP contribution in [0.4, 0.5) is 13.2 Å². The van der Waals surface area contributed by atoms with Crippen molar-refractivity contribution in [2.45, 2.75) is 18.3 Å². The van der Waals surface area contributed by atoms with E-state index in [0.717, 1.165) is 17.8 Å². The summed E-state index contributed by atoms with van der Waals surface area (Å²) in [5.74, 6) is -0.718. The SMILES string of the molecule is C/C(N)=C(/C#N)C(=O)CSc1nnc(-c2cccc(Cl)c2)n1-c1ccccc1C(F)(F)F. The maximum absolute atomic E-state index is 13.7. The Labute approximate surface area is 190 Å². The Morgan fingerprint density at radius 1 is 1.22 bits per heavy atom. The average molecular weight is 478 g/mol. The van der Waals surface area contributed by atoms with Gasteiger partial charge in [0.05, 0.1) is 17.0 Å². The fourth-order valence-corrected chi connectivity index (χ4v) is 3.88. The molecule has 0 saturated heterocycles. The van der Waals surface area contributed by atoms with Crippen molar-refractivity contribution in [3.05, 3.63) is 70.4 Å². The van der Waals surface area contributed by atoms with Crippen molar-refractivity contribution in [1.29, 1.82) is 5.26 Å². The third-order valence-corrected chi connectivity index (χ3v) is 5.45. The smallest absolute Gasteiger partial charge is 0.401 e. The molecule has 1 aromatic heterocycles. The normalized spacial score (nSPS) is 12.2. The molecule has 0 amide bonds. The summed E-state index contributed by atoms with van der Waals surface area (Å²) < 4.78 is 42.4. The summed E-state index contributed by atoms with van der Waals surface area (Å²) in [7, 11) is 0. The number of allylic oxidation sites excluding steroid dienone is 2. The van der Waals surface area contributed by atoms with Crippen LogP contribution in [-0.4, -0.2) is 26.3 Å². The molecular formula is C21H15ClF3N5OS. The zero-order valence-electron chi connectivity index (χ0n) is 16.5. The first kappa shape index (κ1) is 23.4. The summed E-state index contributed by atoms with van der Waals surface area (Å²) in [4.78, 5) is 12.3. The van der Waals surface area contributed by atoms with E-state index in [9.17, 15) is 18.0 Å². The van der Waals surface area contributed by atoms with Crippen LogP contribution in [0.3, 0.4) is 0 Å². The van der Waals surface area contributed by atoms with Gasteiger partial charge < -0.3 is 5.73 Å². The third-order valence-electron chi connectivity index (χ3n) is 4.28. The lowest BCUT2D eigenvalue weighted by Gasteiger charge is -2.16. The predicted octanol–water partition coefficient (Wildman–Crippen LogP) is 5.02. The molecule has 0 radical (unpaired) electrons. The minimum atomic E-state index is -4.64. The monoisotopic (exact) mass is 477 g/mol. The van der Waals surface area contributed by atoms with Gasteiger partial charge in [0, 0.05) is 16.3 Å². The minimum Gasteiger partial charge on any atom is -0.401 e.